The highest BCUT2D eigenvalue weighted by Crippen LogP contribution is 2.40. The first-order valence-electron chi connectivity index (χ1n) is 17.7. The largest absolute Gasteiger partial charge is 0.465 e. The summed E-state index contributed by atoms with van der Waals surface area (Å²) in [7, 11) is 0. The Balaban J connectivity index is 1.34. The zero-order valence-electron chi connectivity index (χ0n) is 28.3. The molecule has 1 aromatic heterocycles. The van der Waals surface area contributed by atoms with E-state index in [4.69, 9.17) is 0 Å². The molecule has 0 bridgehead atoms. The molecule has 3 atom stereocenters. The minimum absolute atomic E-state index is 0.0479. The molecule has 1 aliphatic rings. The summed E-state index contributed by atoms with van der Waals surface area (Å²) in [5, 5.41) is 10.8. The number of hydrogen-bond donors (Lipinski definition) is 1. The Morgan fingerprint density at radius 3 is 1.72 bits per heavy atom. The number of nitrogens with zero attached hydrogens (tertiary/aromatic N) is 4. The molecule has 0 aliphatic carbocycles. The van der Waals surface area contributed by atoms with E-state index in [2.05, 4.69) is 65.6 Å². The summed E-state index contributed by atoms with van der Waals surface area (Å²) in [6, 6.07) is 49.0. The normalized spacial score (nSPS) is 17.7. The smallest absolute Gasteiger partial charge is 0.408 e. The average Bonchev–Trinajstić information content (AvgIpc) is 3.43. The molecule has 0 spiro atoms. The maximum Gasteiger partial charge on any atom is 0.408 e. The monoisotopic (exact) mass is 664 g/mol. The van der Waals surface area contributed by atoms with Crippen LogP contribution in [0.3, 0.4) is 0 Å². The highest BCUT2D eigenvalue weighted by atomic mass is 16.4. The van der Waals surface area contributed by atoms with E-state index in [1.165, 1.54) is 5.56 Å². The fraction of sp³-hybridized carbons (Fsp3) is 0.256. The lowest BCUT2D eigenvalue weighted by Gasteiger charge is -2.49. The number of hydrogen-bond acceptors (Lipinski definition) is 3. The molecule has 0 radical (unpaired) electrons. The molecule has 0 saturated carbocycles. The van der Waals surface area contributed by atoms with Crippen LogP contribution in [0.4, 0.5) is 4.79 Å². The zero-order valence-corrected chi connectivity index (χ0v) is 28.3. The summed E-state index contributed by atoms with van der Waals surface area (Å²) in [4.78, 5) is 31.8. The maximum atomic E-state index is 14.7. The first-order valence-corrected chi connectivity index (χ1v) is 17.7. The topological polar surface area (TPSA) is 70.7 Å². The fourth-order valence-corrected chi connectivity index (χ4v) is 7.92. The molecular weight excluding hydrogens is 620 g/mol. The van der Waals surface area contributed by atoms with Crippen molar-refractivity contribution < 1.29 is 9.90 Å². The van der Waals surface area contributed by atoms with Crippen molar-refractivity contribution in [2.24, 2.45) is 5.92 Å². The van der Waals surface area contributed by atoms with Gasteiger partial charge in [0.1, 0.15) is 0 Å². The van der Waals surface area contributed by atoms with Crippen LogP contribution in [0.2, 0.25) is 0 Å². The number of para-hydroxylation sites is 2. The van der Waals surface area contributed by atoms with Crippen LogP contribution in [-0.4, -0.2) is 42.8 Å². The van der Waals surface area contributed by atoms with E-state index in [-0.39, 0.29) is 17.6 Å². The molecule has 7 heteroatoms. The minimum atomic E-state index is -0.925. The molecule has 1 saturated heterocycles. The first kappa shape index (κ1) is 33.1. The third-order valence-corrected chi connectivity index (χ3v) is 10.2. The highest BCUT2D eigenvalue weighted by Gasteiger charge is 2.45. The SMILES string of the molecule is O=C(O)N1CCC(n2c(=O)n(Cc3ccccc3)c3ccccc32)C(CCCc2ccccc2)[C@H]1N(Cc1ccccc1)Cc1ccccc1. The van der Waals surface area contributed by atoms with Gasteiger partial charge in [-0.3, -0.25) is 18.9 Å². The van der Waals surface area contributed by atoms with Crippen LogP contribution in [0.15, 0.2) is 150 Å². The fourth-order valence-electron chi connectivity index (χ4n) is 7.92. The van der Waals surface area contributed by atoms with Crippen LogP contribution in [0.1, 0.15) is 47.6 Å². The summed E-state index contributed by atoms with van der Waals surface area (Å²) in [5.41, 5.74) is 6.30. The van der Waals surface area contributed by atoms with Crippen molar-refractivity contribution in [3.63, 3.8) is 0 Å². The number of benzene rings is 5. The quantitative estimate of drug-likeness (QED) is 0.143. The molecule has 2 heterocycles. The van der Waals surface area contributed by atoms with Crippen molar-refractivity contribution in [2.45, 2.75) is 57.5 Å². The van der Waals surface area contributed by atoms with Gasteiger partial charge < -0.3 is 5.11 Å². The van der Waals surface area contributed by atoms with Gasteiger partial charge in [-0.05, 0) is 60.1 Å². The van der Waals surface area contributed by atoms with Gasteiger partial charge in [0, 0.05) is 31.6 Å². The third kappa shape index (κ3) is 7.28. The van der Waals surface area contributed by atoms with Crippen molar-refractivity contribution >= 4 is 17.1 Å². The molecule has 1 amide bonds. The number of imidazole rings is 1. The van der Waals surface area contributed by atoms with Crippen LogP contribution < -0.4 is 5.69 Å². The van der Waals surface area contributed by atoms with Gasteiger partial charge in [0.2, 0.25) is 0 Å². The number of carbonyl (C=O) groups is 1. The molecule has 254 valence electrons. The number of amides is 1. The molecule has 50 heavy (non-hydrogen) atoms. The lowest BCUT2D eigenvalue weighted by atomic mass is 9.83. The second kappa shape index (κ2) is 15.4. The van der Waals surface area contributed by atoms with Gasteiger partial charge in [0.25, 0.3) is 0 Å². The van der Waals surface area contributed by atoms with Crippen LogP contribution in [0.25, 0.3) is 11.0 Å². The standard InChI is InChI=1S/C43H44N4O3/c48-42-46(32-36-22-11-4-12-23-36)39-26-13-14-27-40(39)47(42)38-28-29-45(43(49)50)41(37(38)25-15-24-33-16-5-1-6-17-33)44(30-34-18-7-2-8-19-34)31-35-20-9-3-10-21-35/h1-14,16-23,26-27,37-38,41H,15,24-25,28-32H2,(H,49,50)/t37?,38?,41-/m0/s1. The molecule has 7 rings (SSSR count). The van der Waals surface area contributed by atoms with Crippen molar-refractivity contribution in [3.05, 3.63) is 178 Å². The molecule has 6 aromatic rings. The molecule has 1 aliphatic heterocycles. The Bertz CT molecular complexity index is 2000. The van der Waals surface area contributed by atoms with Crippen molar-refractivity contribution in [1.82, 2.24) is 18.9 Å². The molecule has 1 fully saturated rings. The Morgan fingerprint density at radius 1 is 0.660 bits per heavy atom. The van der Waals surface area contributed by atoms with E-state index in [0.717, 1.165) is 47.0 Å². The zero-order chi connectivity index (χ0) is 34.3. The number of rotatable bonds is 12. The highest BCUT2D eigenvalue weighted by molar-refractivity contribution is 5.76. The van der Waals surface area contributed by atoms with E-state index in [0.29, 0.717) is 32.6 Å². The Labute approximate surface area is 293 Å². The molecule has 7 nitrogen and oxygen atoms in total. The number of aromatic nitrogens is 2. The predicted molar refractivity (Wildman–Crippen MR) is 199 cm³/mol. The van der Waals surface area contributed by atoms with Gasteiger partial charge in [-0.25, -0.2) is 9.59 Å². The van der Waals surface area contributed by atoms with Crippen molar-refractivity contribution in [3.8, 4) is 0 Å². The van der Waals surface area contributed by atoms with Gasteiger partial charge in [0.05, 0.1) is 23.7 Å². The van der Waals surface area contributed by atoms with Gasteiger partial charge in [-0.1, -0.05) is 133 Å². The number of carboxylic acid groups (broad SMARTS) is 1. The third-order valence-electron chi connectivity index (χ3n) is 10.2. The number of likely N-dealkylation sites (tertiary alicyclic amines) is 1. The Hall–Kier alpha value is -5.40. The number of fused-ring (bicyclic) bond motifs is 1. The predicted octanol–water partition coefficient (Wildman–Crippen LogP) is 8.44. The molecular formula is C43H44N4O3. The van der Waals surface area contributed by atoms with Gasteiger partial charge in [-0.2, -0.15) is 0 Å². The minimum Gasteiger partial charge on any atom is -0.465 e. The second-order valence-electron chi connectivity index (χ2n) is 13.4. The van der Waals surface area contributed by atoms with E-state index in [1.54, 1.807) is 4.90 Å². The lowest BCUT2D eigenvalue weighted by Crippen LogP contribution is -2.59. The van der Waals surface area contributed by atoms with E-state index < -0.39 is 12.3 Å². The van der Waals surface area contributed by atoms with E-state index in [1.807, 2.05) is 94.1 Å². The van der Waals surface area contributed by atoms with E-state index >= 15 is 0 Å². The van der Waals surface area contributed by atoms with Crippen LogP contribution in [0.5, 0.6) is 0 Å². The number of piperidine rings is 1. The number of aryl methyl sites for hydroxylation is 1. The van der Waals surface area contributed by atoms with Crippen LogP contribution in [0, 0.1) is 5.92 Å². The average molecular weight is 665 g/mol. The summed E-state index contributed by atoms with van der Waals surface area (Å²) in [6.07, 6.45) is 1.70. The molecule has 2 unspecified atom stereocenters. The molecule has 5 aromatic carbocycles. The van der Waals surface area contributed by atoms with Gasteiger partial charge >= 0.3 is 11.8 Å². The first-order chi connectivity index (χ1) is 24.6. The lowest BCUT2D eigenvalue weighted by molar-refractivity contribution is -0.0492. The second-order valence-corrected chi connectivity index (χ2v) is 13.4. The van der Waals surface area contributed by atoms with Crippen LogP contribution >= 0.6 is 0 Å². The summed E-state index contributed by atoms with van der Waals surface area (Å²) < 4.78 is 3.89. The maximum absolute atomic E-state index is 14.7. The summed E-state index contributed by atoms with van der Waals surface area (Å²) in [5.74, 6) is -0.148. The van der Waals surface area contributed by atoms with Crippen LogP contribution in [-0.2, 0) is 26.1 Å². The van der Waals surface area contributed by atoms with Crippen molar-refractivity contribution in [2.75, 3.05) is 6.54 Å². The summed E-state index contributed by atoms with van der Waals surface area (Å²) >= 11 is 0. The Morgan fingerprint density at radius 2 is 1.16 bits per heavy atom. The van der Waals surface area contributed by atoms with Gasteiger partial charge in [0.15, 0.2) is 0 Å². The van der Waals surface area contributed by atoms with Gasteiger partial charge in [-0.15, -0.1) is 0 Å². The van der Waals surface area contributed by atoms with E-state index in [9.17, 15) is 14.7 Å². The Kier molecular flexibility index (Phi) is 10.2. The van der Waals surface area contributed by atoms with Crippen molar-refractivity contribution in [1.29, 1.82) is 0 Å². The molecule has 1 N–H and O–H groups in total. The summed E-state index contributed by atoms with van der Waals surface area (Å²) in [6.45, 7) is 1.97.